The Hall–Kier alpha value is -1.29. The summed E-state index contributed by atoms with van der Waals surface area (Å²) in [6.07, 6.45) is 2.89. The Labute approximate surface area is 112 Å². The number of carbonyl (C=O) groups excluding carboxylic acids is 1. The van der Waals surface area contributed by atoms with Crippen molar-refractivity contribution in [3.05, 3.63) is 33.7 Å². The van der Waals surface area contributed by atoms with Gasteiger partial charge in [0.05, 0.1) is 5.54 Å². The molecule has 18 heavy (non-hydrogen) atoms. The number of hydrogen-bond donors (Lipinski definition) is 2. The third kappa shape index (κ3) is 3.13. The molecule has 1 aromatic heterocycles. The molecule has 0 bridgehead atoms. The van der Waals surface area contributed by atoms with E-state index in [1.165, 1.54) is 12.3 Å². The third-order valence-corrected chi connectivity index (χ3v) is 3.80. The second-order valence-electron chi connectivity index (χ2n) is 4.47. The lowest BCUT2D eigenvalue weighted by atomic mass is 9.95. The van der Waals surface area contributed by atoms with Crippen molar-refractivity contribution in [3.63, 3.8) is 0 Å². The number of aromatic nitrogens is 1. The zero-order chi connectivity index (χ0) is 13.8. The fourth-order valence-electron chi connectivity index (χ4n) is 1.71. The van der Waals surface area contributed by atoms with Crippen LogP contribution in [0, 0.1) is 6.92 Å². The predicted octanol–water partition coefficient (Wildman–Crippen LogP) is 2.21. The van der Waals surface area contributed by atoms with Gasteiger partial charge in [0.25, 0.3) is 5.91 Å². The second-order valence-corrected chi connectivity index (χ2v) is 4.74. The van der Waals surface area contributed by atoms with Crippen LogP contribution < -0.4 is 10.7 Å². The maximum atomic E-state index is 12.1. The number of amides is 1. The van der Waals surface area contributed by atoms with E-state index in [1.807, 2.05) is 13.8 Å². The highest BCUT2D eigenvalue weighted by molar-refractivity contribution is 6.18. The van der Waals surface area contributed by atoms with E-state index in [0.717, 1.165) is 18.5 Å². The number of alkyl halides is 1. The van der Waals surface area contributed by atoms with Crippen LogP contribution in [0.1, 0.15) is 42.7 Å². The maximum absolute atomic E-state index is 12.1. The van der Waals surface area contributed by atoms with Gasteiger partial charge in [-0.15, -0.1) is 11.6 Å². The minimum Gasteiger partial charge on any atom is -0.364 e. The lowest BCUT2D eigenvalue weighted by Crippen LogP contribution is -2.50. The number of nitrogens with one attached hydrogen (secondary N) is 2. The zero-order valence-electron chi connectivity index (χ0n) is 11.0. The summed E-state index contributed by atoms with van der Waals surface area (Å²) in [6, 6.07) is 1.41. The molecular weight excluding hydrogens is 252 g/mol. The number of pyridine rings is 1. The van der Waals surface area contributed by atoms with Crippen LogP contribution in [-0.4, -0.2) is 22.3 Å². The molecule has 0 aliphatic carbocycles. The first kappa shape index (κ1) is 14.8. The van der Waals surface area contributed by atoms with Gasteiger partial charge in [0.15, 0.2) is 5.43 Å². The van der Waals surface area contributed by atoms with E-state index < -0.39 is 5.54 Å². The first-order chi connectivity index (χ1) is 8.48. The molecule has 0 aliphatic rings. The minimum atomic E-state index is -0.448. The van der Waals surface area contributed by atoms with E-state index in [0.29, 0.717) is 5.88 Å². The Morgan fingerprint density at radius 1 is 1.44 bits per heavy atom. The number of carbonyl (C=O) groups is 1. The monoisotopic (exact) mass is 270 g/mol. The minimum absolute atomic E-state index is 0.122. The fourth-order valence-corrected chi connectivity index (χ4v) is 2.15. The molecule has 0 radical (unpaired) electrons. The highest BCUT2D eigenvalue weighted by Gasteiger charge is 2.28. The van der Waals surface area contributed by atoms with Gasteiger partial charge in [-0.1, -0.05) is 13.8 Å². The number of H-pyrrole nitrogens is 1. The molecule has 1 aromatic rings. The van der Waals surface area contributed by atoms with Crippen LogP contribution >= 0.6 is 11.6 Å². The van der Waals surface area contributed by atoms with Crippen molar-refractivity contribution >= 4 is 17.5 Å². The highest BCUT2D eigenvalue weighted by atomic mass is 35.5. The van der Waals surface area contributed by atoms with Crippen LogP contribution in [0.2, 0.25) is 0 Å². The summed E-state index contributed by atoms with van der Waals surface area (Å²) in [6.45, 7) is 5.70. The number of rotatable bonds is 5. The average molecular weight is 271 g/mol. The van der Waals surface area contributed by atoms with Crippen LogP contribution in [0.5, 0.6) is 0 Å². The van der Waals surface area contributed by atoms with Crippen LogP contribution in [0.15, 0.2) is 17.1 Å². The topological polar surface area (TPSA) is 62.0 Å². The normalized spacial score (nSPS) is 11.3. The van der Waals surface area contributed by atoms with Crippen molar-refractivity contribution in [2.24, 2.45) is 0 Å². The Kier molecular flexibility index (Phi) is 4.96. The van der Waals surface area contributed by atoms with E-state index in [4.69, 9.17) is 11.6 Å². The Morgan fingerprint density at radius 3 is 2.50 bits per heavy atom. The van der Waals surface area contributed by atoms with Crippen LogP contribution in [0.4, 0.5) is 0 Å². The lowest BCUT2D eigenvalue weighted by molar-refractivity contribution is 0.0901. The summed E-state index contributed by atoms with van der Waals surface area (Å²) in [4.78, 5) is 26.7. The van der Waals surface area contributed by atoms with E-state index >= 15 is 0 Å². The highest BCUT2D eigenvalue weighted by Crippen LogP contribution is 2.17. The maximum Gasteiger partial charge on any atom is 0.257 e. The van der Waals surface area contributed by atoms with Crippen LogP contribution in [0.25, 0.3) is 0 Å². The Bertz CT molecular complexity index is 470. The van der Waals surface area contributed by atoms with E-state index in [9.17, 15) is 9.59 Å². The van der Waals surface area contributed by atoms with Crippen molar-refractivity contribution in [1.29, 1.82) is 0 Å². The molecule has 0 fully saturated rings. The van der Waals surface area contributed by atoms with Gasteiger partial charge in [-0.2, -0.15) is 0 Å². The molecule has 0 saturated carbocycles. The quantitative estimate of drug-likeness (QED) is 0.806. The van der Waals surface area contributed by atoms with Gasteiger partial charge in [-0.3, -0.25) is 9.59 Å². The van der Waals surface area contributed by atoms with Crippen molar-refractivity contribution in [1.82, 2.24) is 10.3 Å². The summed E-state index contributed by atoms with van der Waals surface area (Å²) >= 11 is 5.92. The van der Waals surface area contributed by atoms with Crippen LogP contribution in [-0.2, 0) is 0 Å². The van der Waals surface area contributed by atoms with Gasteiger partial charge in [-0.05, 0) is 19.8 Å². The standard InChI is InChI=1S/C13H19ClN2O2/c1-4-13(5-2,8-14)16-12(18)10-7-15-9(3)6-11(10)17/h6-7H,4-5,8H2,1-3H3,(H,15,17)(H,16,18). The summed E-state index contributed by atoms with van der Waals surface area (Å²) in [5.41, 5.74) is 0.123. The van der Waals surface area contributed by atoms with Gasteiger partial charge < -0.3 is 10.3 Å². The zero-order valence-corrected chi connectivity index (χ0v) is 11.7. The molecule has 1 heterocycles. The summed E-state index contributed by atoms with van der Waals surface area (Å²) in [5.74, 6) is -0.0456. The van der Waals surface area contributed by atoms with E-state index in [1.54, 1.807) is 6.92 Å². The predicted molar refractivity (Wildman–Crippen MR) is 73.3 cm³/mol. The smallest absolute Gasteiger partial charge is 0.257 e. The van der Waals surface area contributed by atoms with Gasteiger partial charge in [0, 0.05) is 23.8 Å². The molecule has 0 aliphatic heterocycles. The van der Waals surface area contributed by atoms with Crippen LogP contribution in [0.3, 0.4) is 0 Å². The fraction of sp³-hybridized carbons (Fsp3) is 0.538. The van der Waals surface area contributed by atoms with Gasteiger partial charge in [0.1, 0.15) is 5.56 Å². The molecule has 1 rings (SSSR count). The summed E-state index contributed by atoms with van der Waals surface area (Å²) in [7, 11) is 0. The number of hydrogen-bond acceptors (Lipinski definition) is 2. The first-order valence-corrected chi connectivity index (χ1v) is 6.59. The third-order valence-electron chi connectivity index (χ3n) is 3.29. The Balaban J connectivity index is 2.98. The average Bonchev–Trinajstić information content (AvgIpc) is 2.36. The van der Waals surface area contributed by atoms with E-state index in [-0.39, 0.29) is 16.9 Å². The van der Waals surface area contributed by atoms with Gasteiger partial charge in [0.2, 0.25) is 0 Å². The molecule has 5 heteroatoms. The largest absolute Gasteiger partial charge is 0.364 e. The molecule has 2 N–H and O–H groups in total. The SMILES string of the molecule is CCC(CC)(CCl)NC(=O)c1c[nH]c(C)cc1=O. The molecule has 1 amide bonds. The molecule has 0 spiro atoms. The Morgan fingerprint density at radius 2 is 2.06 bits per heavy atom. The molecule has 0 aromatic carbocycles. The summed E-state index contributed by atoms with van der Waals surface area (Å²) < 4.78 is 0. The second kappa shape index (κ2) is 6.05. The lowest BCUT2D eigenvalue weighted by Gasteiger charge is -2.30. The number of halogens is 1. The summed E-state index contributed by atoms with van der Waals surface area (Å²) in [5, 5.41) is 2.87. The van der Waals surface area contributed by atoms with Crippen molar-refractivity contribution in [2.75, 3.05) is 5.88 Å². The van der Waals surface area contributed by atoms with Gasteiger partial charge >= 0.3 is 0 Å². The van der Waals surface area contributed by atoms with Crippen molar-refractivity contribution < 1.29 is 4.79 Å². The van der Waals surface area contributed by atoms with E-state index in [2.05, 4.69) is 10.3 Å². The molecule has 0 saturated heterocycles. The molecule has 0 unspecified atom stereocenters. The van der Waals surface area contributed by atoms with Crippen molar-refractivity contribution in [3.8, 4) is 0 Å². The molecular formula is C13H19ClN2O2. The molecule has 100 valence electrons. The number of aryl methyl sites for hydroxylation is 1. The molecule has 4 nitrogen and oxygen atoms in total. The van der Waals surface area contributed by atoms with Crippen molar-refractivity contribution in [2.45, 2.75) is 39.2 Å². The number of aromatic amines is 1. The van der Waals surface area contributed by atoms with Gasteiger partial charge in [-0.25, -0.2) is 0 Å². The first-order valence-electron chi connectivity index (χ1n) is 6.06. The molecule has 0 atom stereocenters.